The van der Waals surface area contributed by atoms with Crippen molar-refractivity contribution in [2.45, 2.75) is 13.0 Å². The van der Waals surface area contributed by atoms with E-state index in [1.54, 1.807) is 6.08 Å². The molecule has 0 aliphatic heterocycles. The minimum atomic E-state index is -0.429. The number of halogens is 1. The molecule has 0 heterocycles. The number of hydrogen-bond acceptors (Lipinski definition) is 2. The van der Waals surface area contributed by atoms with Crippen LogP contribution in [0.4, 0.5) is 4.39 Å². The molecule has 76 valence electrons. The lowest BCUT2D eigenvalue weighted by molar-refractivity contribution is 0.469. The van der Waals surface area contributed by atoms with Crippen LogP contribution in [0.25, 0.3) is 6.08 Å². The largest absolute Gasteiger partial charge is 0.508 e. The molecule has 0 amide bonds. The molecular formula is C11H14FNO. The molecule has 0 aromatic heterocycles. The maximum Gasteiger partial charge on any atom is 0.127 e. The molecule has 1 aromatic carbocycles. The zero-order chi connectivity index (χ0) is 10.6. The van der Waals surface area contributed by atoms with Gasteiger partial charge in [0.1, 0.15) is 11.6 Å². The molecule has 0 saturated heterocycles. The normalized spacial score (nSPS) is 13.4. The van der Waals surface area contributed by atoms with E-state index in [4.69, 9.17) is 5.11 Å². The molecule has 2 N–H and O–H groups in total. The minimum Gasteiger partial charge on any atom is -0.508 e. The average molecular weight is 195 g/mol. The van der Waals surface area contributed by atoms with Crippen molar-refractivity contribution < 1.29 is 9.50 Å². The summed E-state index contributed by atoms with van der Waals surface area (Å²) in [4.78, 5) is 0. The summed E-state index contributed by atoms with van der Waals surface area (Å²) in [5.41, 5.74) is 0.657. The van der Waals surface area contributed by atoms with Gasteiger partial charge < -0.3 is 10.4 Å². The Morgan fingerprint density at radius 1 is 1.43 bits per heavy atom. The fourth-order valence-electron chi connectivity index (χ4n) is 1.04. The van der Waals surface area contributed by atoms with Gasteiger partial charge in [0.05, 0.1) is 0 Å². The summed E-state index contributed by atoms with van der Waals surface area (Å²) >= 11 is 0. The monoisotopic (exact) mass is 195 g/mol. The van der Waals surface area contributed by atoms with Crippen LogP contribution in [-0.4, -0.2) is 18.2 Å². The molecule has 2 nitrogen and oxygen atoms in total. The van der Waals surface area contributed by atoms with Gasteiger partial charge in [-0.1, -0.05) is 12.2 Å². The molecule has 1 unspecified atom stereocenters. The summed E-state index contributed by atoms with van der Waals surface area (Å²) in [6.45, 7) is 1.98. The quantitative estimate of drug-likeness (QED) is 0.774. The lowest BCUT2D eigenvalue weighted by Crippen LogP contribution is -2.17. The molecule has 1 atom stereocenters. The standard InChI is InChI=1S/C11H14FNO/c1-8(13-2)3-4-9-5-10(12)7-11(14)6-9/h3-8,13-14H,1-2H3/b4-3+. The number of hydrogen-bond donors (Lipinski definition) is 2. The van der Waals surface area contributed by atoms with E-state index in [9.17, 15) is 4.39 Å². The molecule has 0 saturated carbocycles. The highest BCUT2D eigenvalue weighted by atomic mass is 19.1. The first-order valence-corrected chi connectivity index (χ1v) is 4.47. The van der Waals surface area contributed by atoms with E-state index in [-0.39, 0.29) is 11.8 Å². The van der Waals surface area contributed by atoms with E-state index in [1.807, 2.05) is 20.0 Å². The molecule has 1 aromatic rings. The van der Waals surface area contributed by atoms with Crippen LogP contribution in [0, 0.1) is 5.82 Å². The number of phenolic OH excluding ortho intramolecular Hbond substituents is 1. The molecule has 0 aliphatic rings. The van der Waals surface area contributed by atoms with Crippen LogP contribution in [0.2, 0.25) is 0 Å². The van der Waals surface area contributed by atoms with Crippen molar-refractivity contribution in [1.82, 2.24) is 5.32 Å². The first-order valence-electron chi connectivity index (χ1n) is 4.47. The predicted octanol–water partition coefficient (Wildman–Crippen LogP) is 2.15. The minimum absolute atomic E-state index is 0.0539. The lowest BCUT2D eigenvalue weighted by atomic mass is 10.1. The Morgan fingerprint density at radius 2 is 2.14 bits per heavy atom. The van der Waals surface area contributed by atoms with Crippen molar-refractivity contribution in [2.24, 2.45) is 0 Å². The Morgan fingerprint density at radius 3 is 2.71 bits per heavy atom. The van der Waals surface area contributed by atoms with E-state index >= 15 is 0 Å². The van der Waals surface area contributed by atoms with E-state index < -0.39 is 5.82 Å². The van der Waals surface area contributed by atoms with Crippen LogP contribution in [0.15, 0.2) is 24.3 Å². The summed E-state index contributed by atoms with van der Waals surface area (Å²) in [6.07, 6.45) is 3.66. The highest BCUT2D eigenvalue weighted by Crippen LogP contribution is 2.15. The van der Waals surface area contributed by atoms with Crippen molar-refractivity contribution >= 4 is 6.08 Å². The SMILES string of the molecule is CNC(C)/C=C/c1cc(O)cc(F)c1. The molecule has 0 spiro atoms. The Labute approximate surface area is 83.1 Å². The zero-order valence-electron chi connectivity index (χ0n) is 8.29. The van der Waals surface area contributed by atoms with Gasteiger partial charge in [-0.2, -0.15) is 0 Å². The molecule has 14 heavy (non-hydrogen) atoms. The lowest BCUT2D eigenvalue weighted by Gasteiger charge is -2.02. The Balaban J connectivity index is 2.81. The Hall–Kier alpha value is -1.35. The maximum absolute atomic E-state index is 12.8. The smallest absolute Gasteiger partial charge is 0.127 e. The van der Waals surface area contributed by atoms with E-state index in [1.165, 1.54) is 12.1 Å². The fourth-order valence-corrected chi connectivity index (χ4v) is 1.04. The number of benzene rings is 1. The highest BCUT2D eigenvalue weighted by Gasteiger charge is 1.97. The summed E-state index contributed by atoms with van der Waals surface area (Å²) < 4.78 is 12.8. The third-order valence-electron chi connectivity index (χ3n) is 1.94. The summed E-state index contributed by atoms with van der Waals surface area (Å²) in [5, 5.41) is 12.1. The number of aromatic hydroxyl groups is 1. The van der Waals surface area contributed by atoms with Gasteiger partial charge in [-0.15, -0.1) is 0 Å². The van der Waals surface area contributed by atoms with E-state index in [2.05, 4.69) is 5.32 Å². The van der Waals surface area contributed by atoms with Crippen LogP contribution >= 0.6 is 0 Å². The van der Waals surface area contributed by atoms with E-state index in [0.29, 0.717) is 5.56 Å². The number of phenols is 1. The molecule has 1 rings (SSSR count). The second-order valence-electron chi connectivity index (χ2n) is 3.18. The van der Waals surface area contributed by atoms with Crippen molar-refractivity contribution in [3.8, 4) is 5.75 Å². The second-order valence-corrected chi connectivity index (χ2v) is 3.18. The highest BCUT2D eigenvalue weighted by molar-refractivity contribution is 5.52. The number of nitrogens with one attached hydrogen (secondary N) is 1. The van der Waals surface area contributed by atoms with Crippen molar-refractivity contribution in [3.05, 3.63) is 35.7 Å². The van der Waals surface area contributed by atoms with Crippen LogP contribution < -0.4 is 5.32 Å². The van der Waals surface area contributed by atoms with Gasteiger partial charge in [-0.05, 0) is 31.7 Å². The molecule has 3 heteroatoms. The van der Waals surface area contributed by atoms with Gasteiger partial charge in [0.15, 0.2) is 0 Å². The second kappa shape index (κ2) is 4.77. The van der Waals surface area contributed by atoms with Gasteiger partial charge in [-0.25, -0.2) is 4.39 Å². The van der Waals surface area contributed by atoms with Crippen LogP contribution in [-0.2, 0) is 0 Å². The van der Waals surface area contributed by atoms with Gasteiger partial charge in [0.2, 0.25) is 0 Å². The van der Waals surface area contributed by atoms with Crippen LogP contribution in [0.5, 0.6) is 5.75 Å². The zero-order valence-corrected chi connectivity index (χ0v) is 8.29. The molecular weight excluding hydrogens is 181 g/mol. The van der Waals surface area contributed by atoms with Crippen molar-refractivity contribution in [1.29, 1.82) is 0 Å². The fraction of sp³-hybridized carbons (Fsp3) is 0.273. The van der Waals surface area contributed by atoms with Gasteiger partial charge in [0.25, 0.3) is 0 Å². The summed E-state index contributed by atoms with van der Waals surface area (Å²) in [7, 11) is 1.85. The van der Waals surface area contributed by atoms with Gasteiger partial charge in [0, 0.05) is 12.1 Å². The molecule has 0 fully saturated rings. The van der Waals surface area contributed by atoms with Gasteiger partial charge >= 0.3 is 0 Å². The Kier molecular flexibility index (Phi) is 3.65. The predicted molar refractivity (Wildman–Crippen MR) is 55.6 cm³/mol. The number of likely N-dealkylation sites (N-methyl/N-ethyl adjacent to an activating group) is 1. The molecule has 0 aliphatic carbocycles. The third kappa shape index (κ3) is 3.18. The maximum atomic E-state index is 12.8. The first-order chi connectivity index (χ1) is 6.61. The van der Waals surface area contributed by atoms with Crippen molar-refractivity contribution in [2.75, 3.05) is 7.05 Å². The average Bonchev–Trinajstić information content (AvgIpc) is 2.12. The number of rotatable bonds is 3. The first kappa shape index (κ1) is 10.7. The van der Waals surface area contributed by atoms with Crippen LogP contribution in [0.3, 0.4) is 0 Å². The molecule has 0 bridgehead atoms. The van der Waals surface area contributed by atoms with Crippen LogP contribution in [0.1, 0.15) is 12.5 Å². The van der Waals surface area contributed by atoms with Gasteiger partial charge in [-0.3, -0.25) is 0 Å². The van der Waals surface area contributed by atoms with Crippen molar-refractivity contribution in [3.63, 3.8) is 0 Å². The Bertz CT molecular complexity index is 316. The topological polar surface area (TPSA) is 32.3 Å². The summed E-state index contributed by atoms with van der Waals surface area (Å²) in [6, 6.07) is 4.19. The van der Waals surface area contributed by atoms with E-state index in [0.717, 1.165) is 6.07 Å². The molecule has 0 radical (unpaired) electrons. The summed E-state index contributed by atoms with van der Waals surface area (Å²) in [5.74, 6) is -0.483. The third-order valence-corrected chi connectivity index (χ3v) is 1.94.